The standard InChI is InChI=1S/C19H18N2O4/c1-13(25-16-6-3-14(10-20)4-7-16)19(22)21(2)11-15-5-8-17-18(9-15)24-12-23-17/h3-9,13H,11-12H2,1-2H3. The van der Waals surface area contributed by atoms with Crippen LogP contribution >= 0.6 is 0 Å². The zero-order chi connectivity index (χ0) is 17.8. The first kappa shape index (κ1) is 16.7. The van der Waals surface area contributed by atoms with Gasteiger partial charge >= 0.3 is 0 Å². The molecule has 3 rings (SSSR count). The fourth-order valence-electron chi connectivity index (χ4n) is 2.56. The number of hydrogen-bond acceptors (Lipinski definition) is 5. The molecule has 1 aliphatic heterocycles. The molecule has 1 amide bonds. The van der Waals surface area contributed by atoms with Gasteiger partial charge in [-0.3, -0.25) is 4.79 Å². The highest BCUT2D eigenvalue weighted by Gasteiger charge is 2.20. The van der Waals surface area contributed by atoms with Gasteiger partial charge in [0.25, 0.3) is 5.91 Å². The highest BCUT2D eigenvalue weighted by Crippen LogP contribution is 2.32. The Morgan fingerprint density at radius 2 is 1.96 bits per heavy atom. The first-order chi connectivity index (χ1) is 12.1. The van der Waals surface area contributed by atoms with E-state index in [1.807, 2.05) is 24.3 Å². The summed E-state index contributed by atoms with van der Waals surface area (Å²) < 4.78 is 16.3. The van der Waals surface area contributed by atoms with Gasteiger partial charge in [-0.15, -0.1) is 0 Å². The minimum atomic E-state index is -0.632. The molecular formula is C19H18N2O4. The van der Waals surface area contributed by atoms with Crippen LogP contribution < -0.4 is 14.2 Å². The Bertz CT molecular complexity index is 811. The average Bonchev–Trinajstić information content (AvgIpc) is 3.09. The monoisotopic (exact) mass is 338 g/mol. The van der Waals surface area contributed by atoms with Crippen LogP contribution in [-0.2, 0) is 11.3 Å². The fourth-order valence-corrected chi connectivity index (χ4v) is 2.56. The van der Waals surface area contributed by atoms with E-state index in [9.17, 15) is 4.79 Å². The fraction of sp³-hybridized carbons (Fsp3) is 0.263. The quantitative estimate of drug-likeness (QED) is 0.838. The third kappa shape index (κ3) is 3.83. The Morgan fingerprint density at radius 3 is 2.68 bits per heavy atom. The molecule has 0 radical (unpaired) electrons. The predicted octanol–water partition coefficient (Wildman–Crippen LogP) is 2.71. The summed E-state index contributed by atoms with van der Waals surface area (Å²) >= 11 is 0. The Hall–Kier alpha value is -3.20. The molecule has 25 heavy (non-hydrogen) atoms. The summed E-state index contributed by atoms with van der Waals surface area (Å²) in [5.74, 6) is 1.83. The Labute approximate surface area is 146 Å². The van der Waals surface area contributed by atoms with Crippen LogP contribution in [0.3, 0.4) is 0 Å². The van der Waals surface area contributed by atoms with Gasteiger partial charge in [0.15, 0.2) is 17.6 Å². The van der Waals surface area contributed by atoms with Crippen molar-refractivity contribution in [3.8, 4) is 23.3 Å². The minimum Gasteiger partial charge on any atom is -0.481 e. The summed E-state index contributed by atoms with van der Waals surface area (Å²) in [4.78, 5) is 14.1. The first-order valence-corrected chi connectivity index (χ1v) is 7.87. The summed E-state index contributed by atoms with van der Waals surface area (Å²) in [5, 5.41) is 8.80. The molecule has 0 fully saturated rings. The molecule has 0 N–H and O–H groups in total. The number of nitriles is 1. The summed E-state index contributed by atoms with van der Waals surface area (Å²) in [6.07, 6.45) is -0.632. The highest BCUT2D eigenvalue weighted by molar-refractivity contribution is 5.80. The molecule has 2 aromatic carbocycles. The van der Waals surface area contributed by atoms with E-state index in [2.05, 4.69) is 0 Å². The normalized spacial score (nSPS) is 13.0. The van der Waals surface area contributed by atoms with Crippen LogP contribution in [0.25, 0.3) is 0 Å². The summed E-state index contributed by atoms with van der Waals surface area (Å²) in [6, 6.07) is 14.3. The average molecular weight is 338 g/mol. The summed E-state index contributed by atoms with van der Waals surface area (Å²) in [7, 11) is 1.73. The Morgan fingerprint density at radius 1 is 1.24 bits per heavy atom. The number of nitrogens with zero attached hydrogens (tertiary/aromatic N) is 2. The second-order valence-electron chi connectivity index (χ2n) is 5.78. The van der Waals surface area contributed by atoms with Gasteiger partial charge < -0.3 is 19.1 Å². The van der Waals surface area contributed by atoms with Crippen LogP contribution in [0.2, 0.25) is 0 Å². The largest absolute Gasteiger partial charge is 0.481 e. The van der Waals surface area contributed by atoms with Gasteiger partial charge in [0.05, 0.1) is 11.6 Å². The van der Waals surface area contributed by atoms with Crippen molar-refractivity contribution in [1.29, 1.82) is 5.26 Å². The number of ether oxygens (including phenoxy) is 3. The lowest BCUT2D eigenvalue weighted by molar-refractivity contribution is -0.137. The molecule has 0 bridgehead atoms. The van der Waals surface area contributed by atoms with E-state index in [1.165, 1.54) is 0 Å². The molecular weight excluding hydrogens is 320 g/mol. The van der Waals surface area contributed by atoms with E-state index >= 15 is 0 Å². The van der Waals surface area contributed by atoms with E-state index in [4.69, 9.17) is 19.5 Å². The molecule has 0 saturated carbocycles. The third-order valence-corrected chi connectivity index (χ3v) is 3.88. The van der Waals surface area contributed by atoms with E-state index in [0.29, 0.717) is 23.6 Å². The second kappa shape index (κ2) is 7.14. The predicted molar refractivity (Wildman–Crippen MR) is 90.3 cm³/mol. The zero-order valence-corrected chi connectivity index (χ0v) is 14.1. The lowest BCUT2D eigenvalue weighted by Crippen LogP contribution is -2.37. The molecule has 0 aliphatic carbocycles. The van der Waals surface area contributed by atoms with Crippen LogP contribution in [0, 0.1) is 11.3 Å². The number of carbonyl (C=O) groups excluding carboxylic acids is 1. The van der Waals surface area contributed by atoms with Crippen molar-refractivity contribution < 1.29 is 19.0 Å². The van der Waals surface area contributed by atoms with E-state index in [0.717, 1.165) is 11.3 Å². The summed E-state index contributed by atoms with van der Waals surface area (Å²) in [6.45, 7) is 2.37. The van der Waals surface area contributed by atoms with Gasteiger partial charge in [0.1, 0.15) is 5.75 Å². The molecule has 0 spiro atoms. The first-order valence-electron chi connectivity index (χ1n) is 7.87. The van der Waals surface area contributed by atoms with Gasteiger partial charge in [-0.25, -0.2) is 0 Å². The van der Waals surface area contributed by atoms with Crippen LogP contribution in [0.4, 0.5) is 0 Å². The minimum absolute atomic E-state index is 0.137. The van der Waals surface area contributed by atoms with Gasteiger partial charge in [-0.05, 0) is 48.9 Å². The SMILES string of the molecule is CC(Oc1ccc(C#N)cc1)C(=O)N(C)Cc1ccc2c(c1)OCO2. The molecule has 0 saturated heterocycles. The lowest BCUT2D eigenvalue weighted by atomic mass is 10.2. The van der Waals surface area contributed by atoms with Crippen molar-refractivity contribution in [2.24, 2.45) is 0 Å². The van der Waals surface area contributed by atoms with Crippen molar-refractivity contribution in [1.82, 2.24) is 4.90 Å². The van der Waals surface area contributed by atoms with E-state index in [-0.39, 0.29) is 12.7 Å². The molecule has 1 unspecified atom stereocenters. The van der Waals surface area contributed by atoms with Gasteiger partial charge in [-0.1, -0.05) is 6.07 Å². The van der Waals surface area contributed by atoms with Crippen LogP contribution in [-0.4, -0.2) is 30.8 Å². The maximum Gasteiger partial charge on any atom is 0.263 e. The number of likely N-dealkylation sites (N-methyl/N-ethyl adjacent to an activating group) is 1. The smallest absolute Gasteiger partial charge is 0.263 e. The molecule has 1 atom stereocenters. The molecule has 1 heterocycles. The van der Waals surface area contributed by atoms with Crippen molar-refractivity contribution in [3.05, 3.63) is 53.6 Å². The maximum atomic E-state index is 12.5. The van der Waals surface area contributed by atoms with Crippen LogP contribution in [0.15, 0.2) is 42.5 Å². The third-order valence-electron chi connectivity index (χ3n) is 3.88. The van der Waals surface area contributed by atoms with Crippen molar-refractivity contribution in [2.45, 2.75) is 19.6 Å². The molecule has 128 valence electrons. The van der Waals surface area contributed by atoms with E-state index < -0.39 is 6.10 Å². The Balaban J connectivity index is 1.60. The lowest BCUT2D eigenvalue weighted by Gasteiger charge is -2.22. The maximum absolute atomic E-state index is 12.5. The van der Waals surface area contributed by atoms with Crippen LogP contribution in [0.5, 0.6) is 17.2 Å². The Kier molecular flexibility index (Phi) is 4.75. The van der Waals surface area contributed by atoms with Crippen molar-refractivity contribution in [3.63, 3.8) is 0 Å². The molecule has 1 aliphatic rings. The molecule has 2 aromatic rings. The number of hydrogen-bond donors (Lipinski definition) is 0. The second-order valence-corrected chi connectivity index (χ2v) is 5.78. The molecule has 6 nitrogen and oxygen atoms in total. The van der Waals surface area contributed by atoms with E-state index in [1.54, 1.807) is 43.1 Å². The van der Waals surface area contributed by atoms with Gasteiger partial charge in [-0.2, -0.15) is 5.26 Å². The van der Waals surface area contributed by atoms with Gasteiger partial charge in [0, 0.05) is 13.6 Å². The number of amides is 1. The number of carbonyl (C=O) groups is 1. The topological polar surface area (TPSA) is 71.8 Å². The van der Waals surface area contributed by atoms with Crippen molar-refractivity contribution >= 4 is 5.91 Å². The zero-order valence-electron chi connectivity index (χ0n) is 14.1. The molecule has 6 heteroatoms. The number of rotatable bonds is 5. The number of benzene rings is 2. The van der Waals surface area contributed by atoms with Crippen LogP contribution in [0.1, 0.15) is 18.1 Å². The highest BCUT2D eigenvalue weighted by atomic mass is 16.7. The summed E-state index contributed by atoms with van der Waals surface area (Å²) in [5.41, 5.74) is 1.50. The molecule has 0 aromatic heterocycles. The number of fused-ring (bicyclic) bond motifs is 1. The van der Waals surface area contributed by atoms with Gasteiger partial charge in [0.2, 0.25) is 6.79 Å². The van der Waals surface area contributed by atoms with Crippen molar-refractivity contribution in [2.75, 3.05) is 13.8 Å².